The van der Waals surface area contributed by atoms with Crippen LogP contribution >= 0.6 is 8.38 Å². The molecule has 4 rings (SSSR count). The highest BCUT2D eigenvalue weighted by Crippen LogP contribution is 2.49. The molecule has 1 atom stereocenters. The van der Waals surface area contributed by atoms with E-state index >= 15 is 0 Å². The zero-order valence-electron chi connectivity index (χ0n) is 13.2. The van der Waals surface area contributed by atoms with Crippen LogP contribution in [0.1, 0.15) is 13.8 Å². The normalized spacial score (nSPS) is 20.8. The van der Waals surface area contributed by atoms with E-state index < -0.39 is 8.38 Å². The molecular weight excluding hydrogens is 309 g/mol. The fourth-order valence-corrected chi connectivity index (χ4v) is 4.17. The lowest BCUT2D eigenvalue weighted by atomic mass is 10.0. The minimum Gasteiger partial charge on any atom is -0.477 e. The van der Waals surface area contributed by atoms with Crippen molar-refractivity contribution in [3.05, 3.63) is 48.5 Å². The Labute approximate surface area is 137 Å². The lowest BCUT2D eigenvalue weighted by molar-refractivity contribution is 0.256. The molecule has 0 radical (unpaired) electrons. The van der Waals surface area contributed by atoms with E-state index in [1.807, 2.05) is 44.2 Å². The lowest BCUT2D eigenvalue weighted by Gasteiger charge is -2.26. The Morgan fingerprint density at radius 1 is 1.09 bits per heavy atom. The standard InChI is InChI=1S/C18H18NO3P/c1-18(2)12-20-17(19-18)11-21-23-16-10-6-4-8-14(16)13-7-3-5-9-15(13)22-23/h3-10H,11-12H2,1-2H3. The van der Waals surface area contributed by atoms with E-state index in [0.29, 0.717) is 19.1 Å². The minimum absolute atomic E-state index is 0.163. The van der Waals surface area contributed by atoms with Crippen molar-refractivity contribution < 1.29 is 13.8 Å². The first-order valence-corrected chi connectivity index (χ1v) is 8.81. The van der Waals surface area contributed by atoms with Crippen molar-refractivity contribution in [2.45, 2.75) is 19.4 Å². The van der Waals surface area contributed by atoms with Crippen LogP contribution in [-0.2, 0) is 9.26 Å². The number of benzene rings is 2. The third kappa shape index (κ3) is 2.85. The van der Waals surface area contributed by atoms with E-state index in [-0.39, 0.29) is 5.54 Å². The molecule has 0 fully saturated rings. The average molecular weight is 327 g/mol. The van der Waals surface area contributed by atoms with Gasteiger partial charge in [-0.3, -0.25) is 0 Å². The molecule has 2 heterocycles. The molecule has 0 saturated carbocycles. The van der Waals surface area contributed by atoms with Crippen LogP contribution in [0.5, 0.6) is 5.75 Å². The van der Waals surface area contributed by atoms with Crippen LogP contribution in [-0.4, -0.2) is 24.7 Å². The summed E-state index contributed by atoms with van der Waals surface area (Å²) < 4.78 is 17.7. The van der Waals surface area contributed by atoms with Crippen LogP contribution in [0.25, 0.3) is 11.1 Å². The van der Waals surface area contributed by atoms with E-state index in [9.17, 15) is 0 Å². The fourth-order valence-electron chi connectivity index (χ4n) is 2.71. The van der Waals surface area contributed by atoms with E-state index in [0.717, 1.165) is 16.6 Å². The van der Waals surface area contributed by atoms with Crippen LogP contribution in [0.15, 0.2) is 53.5 Å². The van der Waals surface area contributed by atoms with Gasteiger partial charge in [-0.2, -0.15) is 0 Å². The Morgan fingerprint density at radius 2 is 1.83 bits per heavy atom. The molecule has 0 aliphatic carbocycles. The second-order valence-corrected chi connectivity index (χ2v) is 7.68. The molecular formula is C18H18NO3P. The molecule has 23 heavy (non-hydrogen) atoms. The maximum Gasteiger partial charge on any atom is 0.266 e. The number of hydrogen-bond donors (Lipinski definition) is 0. The summed E-state index contributed by atoms with van der Waals surface area (Å²) >= 11 is 0. The summed E-state index contributed by atoms with van der Waals surface area (Å²) in [6.07, 6.45) is 0. The topological polar surface area (TPSA) is 40.0 Å². The van der Waals surface area contributed by atoms with Gasteiger partial charge in [0, 0.05) is 5.56 Å². The monoisotopic (exact) mass is 327 g/mol. The number of fused-ring (bicyclic) bond motifs is 3. The molecule has 0 spiro atoms. The third-order valence-corrected chi connectivity index (χ3v) is 5.29. The highest BCUT2D eigenvalue weighted by molar-refractivity contribution is 7.57. The Hall–Kier alpha value is -1.90. The van der Waals surface area contributed by atoms with Crippen LogP contribution in [0, 0.1) is 0 Å². The lowest BCUT2D eigenvalue weighted by Crippen LogP contribution is -2.18. The van der Waals surface area contributed by atoms with Crippen molar-refractivity contribution in [2.75, 3.05) is 13.2 Å². The zero-order chi connectivity index (χ0) is 15.9. The van der Waals surface area contributed by atoms with Crippen LogP contribution in [0.3, 0.4) is 0 Å². The summed E-state index contributed by atoms with van der Waals surface area (Å²) in [5, 5.41) is 1.10. The summed E-state index contributed by atoms with van der Waals surface area (Å²) in [7, 11) is -1.18. The second kappa shape index (κ2) is 5.63. The molecule has 0 N–H and O–H groups in total. The highest BCUT2D eigenvalue weighted by atomic mass is 31.2. The van der Waals surface area contributed by atoms with Crippen molar-refractivity contribution in [3.63, 3.8) is 0 Å². The number of rotatable bonds is 3. The third-order valence-electron chi connectivity index (χ3n) is 3.78. The average Bonchev–Trinajstić information content (AvgIpc) is 2.92. The molecule has 2 aromatic carbocycles. The van der Waals surface area contributed by atoms with Gasteiger partial charge in [-0.1, -0.05) is 36.4 Å². The summed E-state index contributed by atoms with van der Waals surface area (Å²) in [6.45, 7) is 5.04. The number of ether oxygens (including phenoxy) is 1. The fraction of sp³-hybridized carbons (Fsp3) is 0.278. The molecule has 0 bridgehead atoms. The summed E-state index contributed by atoms with van der Waals surface area (Å²) in [5.41, 5.74) is 2.13. The number of nitrogens with zero attached hydrogens (tertiary/aromatic N) is 1. The number of para-hydroxylation sites is 1. The van der Waals surface area contributed by atoms with Crippen LogP contribution in [0.2, 0.25) is 0 Å². The molecule has 1 unspecified atom stereocenters. The first-order chi connectivity index (χ1) is 11.1. The van der Waals surface area contributed by atoms with Gasteiger partial charge in [0.25, 0.3) is 8.38 Å². The maximum absolute atomic E-state index is 6.10. The number of hydrogen-bond acceptors (Lipinski definition) is 4. The van der Waals surface area contributed by atoms with Gasteiger partial charge in [0.05, 0.1) is 10.8 Å². The minimum atomic E-state index is -1.18. The molecule has 2 aliphatic heterocycles. The molecule has 5 heteroatoms. The summed E-state index contributed by atoms with van der Waals surface area (Å²) in [4.78, 5) is 4.53. The van der Waals surface area contributed by atoms with E-state index in [1.54, 1.807) is 0 Å². The van der Waals surface area contributed by atoms with Crippen molar-refractivity contribution in [2.24, 2.45) is 4.99 Å². The predicted molar refractivity (Wildman–Crippen MR) is 92.5 cm³/mol. The van der Waals surface area contributed by atoms with Crippen LogP contribution in [0.4, 0.5) is 0 Å². The van der Waals surface area contributed by atoms with Gasteiger partial charge in [-0.25, -0.2) is 4.99 Å². The van der Waals surface area contributed by atoms with Crippen LogP contribution < -0.4 is 9.83 Å². The number of aliphatic imine (C=N–C) groups is 1. The highest BCUT2D eigenvalue weighted by Gasteiger charge is 2.30. The summed E-state index contributed by atoms with van der Waals surface area (Å²) in [6, 6.07) is 16.3. The quantitative estimate of drug-likeness (QED) is 0.803. The van der Waals surface area contributed by atoms with Gasteiger partial charge >= 0.3 is 0 Å². The first-order valence-electron chi connectivity index (χ1n) is 7.63. The predicted octanol–water partition coefficient (Wildman–Crippen LogP) is 3.91. The molecule has 4 nitrogen and oxygen atoms in total. The maximum atomic E-state index is 6.10. The zero-order valence-corrected chi connectivity index (χ0v) is 14.0. The van der Waals surface area contributed by atoms with Gasteiger partial charge in [0.15, 0.2) is 0 Å². The Morgan fingerprint density at radius 3 is 2.61 bits per heavy atom. The molecule has 0 amide bonds. The van der Waals surface area contributed by atoms with E-state index in [1.165, 1.54) is 5.56 Å². The van der Waals surface area contributed by atoms with Gasteiger partial charge in [-0.05, 0) is 31.5 Å². The Balaban J connectivity index is 1.59. The molecule has 0 aromatic heterocycles. The second-order valence-electron chi connectivity index (χ2n) is 6.24. The van der Waals surface area contributed by atoms with E-state index in [2.05, 4.69) is 23.2 Å². The smallest absolute Gasteiger partial charge is 0.266 e. The van der Waals surface area contributed by atoms with Gasteiger partial charge in [0.1, 0.15) is 19.0 Å². The van der Waals surface area contributed by atoms with Gasteiger partial charge < -0.3 is 13.8 Å². The Kier molecular flexibility index (Phi) is 3.59. The van der Waals surface area contributed by atoms with Crippen molar-refractivity contribution in [3.8, 4) is 16.9 Å². The van der Waals surface area contributed by atoms with Gasteiger partial charge in [0.2, 0.25) is 5.90 Å². The molecule has 2 aliphatic rings. The SMILES string of the molecule is CC1(C)COC(COP2Oc3ccccc3-c3ccccc32)=N1. The summed E-state index contributed by atoms with van der Waals surface area (Å²) in [5.74, 6) is 1.52. The Bertz CT molecular complexity index is 772. The largest absolute Gasteiger partial charge is 0.477 e. The van der Waals surface area contributed by atoms with Gasteiger partial charge in [-0.15, -0.1) is 0 Å². The first kappa shape index (κ1) is 14.7. The molecule has 0 saturated heterocycles. The van der Waals surface area contributed by atoms with Crippen molar-refractivity contribution in [1.29, 1.82) is 0 Å². The van der Waals surface area contributed by atoms with Crippen molar-refractivity contribution in [1.82, 2.24) is 0 Å². The van der Waals surface area contributed by atoms with E-state index in [4.69, 9.17) is 13.8 Å². The molecule has 2 aromatic rings. The van der Waals surface area contributed by atoms with Crippen molar-refractivity contribution >= 4 is 19.6 Å². The molecule has 118 valence electrons.